The van der Waals surface area contributed by atoms with E-state index in [2.05, 4.69) is 15.9 Å². The van der Waals surface area contributed by atoms with Gasteiger partial charge >= 0.3 is 0 Å². The molecule has 3 rings (SSSR count). The average Bonchev–Trinajstić information content (AvgIpc) is 3.16. The predicted octanol–water partition coefficient (Wildman–Crippen LogP) is 5.67. The molecular formula is C17H11BrO2S. The first-order valence-electron chi connectivity index (χ1n) is 6.34. The second-order valence-corrected chi connectivity index (χ2v) is 6.25. The zero-order valence-electron chi connectivity index (χ0n) is 11.0. The molecule has 0 N–H and O–H groups in total. The highest BCUT2D eigenvalue weighted by atomic mass is 79.9. The van der Waals surface area contributed by atoms with Crippen LogP contribution in [0.2, 0.25) is 0 Å². The molecule has 0 unspecified atom stereocenters. The van der Waals surface area contributed by atoms with Crippen molar-refractivity contribution in [3.63, 3.8) is 0 Å². The summed E-state index contributed by atoms with van der Waals surface area (Å²) in [4.78, 5) is 12.6. The highest BCUT2D eigenvalue weighted by molar-refractivity contribution is 9.10. The number of hydrogen-bond acceptors (Lipinski definition) is 3. The number of hydrogen-bond donors (Lipinski definition) is 0. The lowest BCUT2D eigenvalue weighted by Crippen LogP contribution is -1.87. The van der Waals surface area contributed by atoms with Crippen molar-refractivity contribution in [1.29, 1.82) is 0 Å². The maximum Gasteiger partial charge on any atom is 0.195 e. The van der Waals surface area contributed by atoms with Crippen LogP contribution in [-0.2, 0) is 0 Å². The van der Waals surface area contributed by atoms with Crippen molar-refractivity contribution >= 4 is 39.1 Å². The number of thiophene rings is 1. The van der Waals surface area contributed by atoms with Gasteiger partial charge in [-0.15, -0.1) is 11.3 Å². The smallest absolute Gasteiger partial charge is 0.195 e. The molecule has 0 aliphatic carbocycles. The monoisotopic (exact) mass is 358 g/mol. The number of ketones is 1. The van der Waals surface area contributed by atoms with Gasteiger partial charge in [0.25, 0.3) is 0 Å². The fourth-order valence-electron chi connectivity index (χ4n) is 1.90. The van der Waals surface area contributed by atoms with E-state index in [0.29, 0.717) is 5.76 Å². The molecule has 0 saturated heterocycles. The lowest BCUT2D eigenvalue weighted by atomic mass is 10.2. The summed E-state index contributed by atoms with van der Waals surface area (Å²) >= 11 is 4.87. The van der Waals surface area contributed by atoms with Gasteiger partial charge in [0.1, 0.15) is 11.5 Å². The minimum absolute atomic E-state index is 0.00888. The van der Waals surface area contributed by atoms with E-state index in [-0.39, 0.29) is 5.78 Å². The van der Waals surface area contributed by atoms with Crippen molar-refractivity contribution in [1.82, 2.24) is 0 Å². The molecule has 0 spiro atoms. The number of benzene rings is 1. The molecule has 2 aromatic heterocycles. The van der Waals surface area contributed by atoms with Gasteiger partial charge in [-0.1, -0.05) is 34.1 Å². The molecule has 0 bridgehead atoms. The Kier molecular flexibility index (Phi) is 4.18. The molecule has 0 aliphatic rings. The minimum Gasteiger partial charge on any atom is -0.457 e. The third-order valence-electron chi connectivity index (χ3n) is 2.90. The summed E-state index contributed by atoms with van der Waals surface area (Å²) in [5, 5.41) is 1.89. The van der Waals surface area contributed by atoms with E-state index in [0.717, 1.165) is 20.7 Å². The third kappa shape index (κ3) is 3.40. The van der Waals surface area contributed by atoms with Crippen LogP contribution in [-0.4, -0.2) is 5.78 Å². The van der Waals surface area contributed by atoms with Crippen LogP contribution in [0.25, 0.3) is 17.4 Å². The Morgan fingerprint density at radius 1 is 1.14 bits per heavy atom. The summed E-state index contributed by atoms with van der Waals surface area (Å²) in [5.74, 6) is 1.43. The number of furan rings is 1. The first-order valence-corrected chi connectivity index (χ1v) is 8.01. The minimum atomic E-state index is -0.00888. The van der Waals surface area contributed by atoms with E-state index in [1.807, 2.05) is 53.9 Å². The standard InChI is InChI=1S/C17H11BrO2S/c18-13-4-1-3-12(11-13)16-9-7-14(20-16)6-8-15(19)17-5-2-10-21-17/h1-11H/b8-6+. The van der Waals surface area contributed by atoms with E-state index in [1.54, 1.807) is 6.08 Å². The molecule has 0 saturated carbocycles. The molecule has 1 aromatic carbocycles. The molecule has 0 atom stereocenters. The van der Waals surface area contributed by atoms with Crippen LogP contribution in [0, 0.1) is 0 Å². The highest BCUT2D eigenvalue weighted by Gasteiger charge is 2.05. The molecule has 0 aliphatic heterocycles. The fourth-order valence-corrected chi connectivity index (χ4v) is 2.94. The average molecular weight is 359 g/mol. The van der Waals surface area contributed by atoms with Crippen molar-refractivity contribution in [2.75, 3.05) is 0 Å². The maximum atomic E-state index is 11.9. The van der Waals surface area contributed by atoms with Gasteiger partial charge in [-0.25, -0.2) is 0 Å². The van der Waals surface area contributed by atoms with Crippen molar-refractivity contribution in [3.05, 3.63) is 75.1 Å². The molecule has 2 heterocycles. The van der Waals surface area contributed by atoms with Crippen molar-refractivity contribution < 1.29 is 9.21 Å². The lowest BCUT2D eigenvalue weighted by molar-refractivity contribution is 0.105. The Morgan fingerprint density at radius 3 is 2.81 bits per heavy atom. The molecule has 0 amide bonds. The Hall–Kier alpha value is -1.91. The number of allylic oxidation sites excluding steroid dienone is 1. The molecule has 2 nitrogen and oxygen atoms in total. The van der Waals surface area contributed by atoms with E-state index < -0.39 is 0 Å². The number of halogens is 1. The number of carbonyl (C=O) groups is 1. The van der Waals surface area contributed by atoms with Crippen LogP contribution in [0.5, 0.6) is 0 Å². The van der Waals surface area contributed by atoms with Gasteiger partial charge in [0.05, 0.1) is 4.88 Å². The Labute approximate surface area is 134 Å². The lowest BCUT2D eigenvalue weighted by Gasteiger charge is -1.97. The topological polar surface area (TPSA) is 30.2 Å². The molecule has 3 aromatic rings. The van der Waals surface area contributed by atoms with Gasteiger partial charge in [-0.3, -0.25) is 4.79 Å². The fraction of sp³-hybridized carbons (Fsp3) is 0. The molecule has 4 heteroatoms. The molecule has 21 heavy (non-hydrogen) atoms. The normalized spacial score (nSPS) is 11.1. The predicted molar refractivity (Wildman–Crippen MR) is 89.5 cm³/mol. The molecule has 0 radical (unpaired) electrons. The van der Waals surface area contributed by atoms with Crippen LogP contribution >= 0.6 is 27.3 Å². The summed E-state index contributed by atoms with van der Waals surface area (Å²) in [6, 6.07) is 15.3. The molecule has 0 fully saturated rings. The third-order valence-corrected chi connectivity index (χ3v) is 4.28. The maximum absolute atomic E-state index is 11.9. The van der Waals surface area contributed by atoms with Crippen LogP contribution in [0.1, 0.15) is 15.4 Å². The summed E-state index contributed by atoms with van der Waals surface area (Å²) in [7, 11) is 0. The van der Waals surface area contributed by atoms with E-state index in [9.17, 15) is 4.79 Å². The Bertz CT molecular complexity index is 785. The highest BCUT2D eigenvalue weighted by Crippen LogP contribution is 2.25. The number of rotatable bonds is 4. The molecular weight excluding hydrogens is 348 g/mol. The second-order valence-electron chi connectivity index (χ2n) is 4.39. The zero-order valence-corrected chi connectivity index (χ0v) is 13.4. The van der Waals surface area contributed by atoms with Gasteiger partial charge in [-0.05, 0) is 47.9 Å². The molecule has 104 valence electrons. The van der Waals surface area contributed by atoms with E-state index in [4.69, 9.17) is 4.42 Å². The summed E-state index contributed by atoms with van der Waals surface area (Å²) < 4.78 is 6.74. The van der Waals surface area contributed by atoms with Gasteiger partial charge in [0.2, 0.25) is 0 Å². The van der Waals surface area contributed by atoms with Crippen molar-refractivity contribution in [2.45, 2.75) is 0 Å². The Balaban J connectivity index is 1.78. The largest absolute Gasteiger partial charge is 0.457 e. The summed E-state index contributed by atoms with van der Waals surface area (Å²) in [6.45, 7) is 0. The first-order chi connectivity index (χ1) is 10.2. The van der Waals surface area contributed by atoms with Crippen LogP contribution in [0.4, 0.5) is 0 Å². The summed E-state index contributed by atoms with van der Waals surface area (Å²) in [5.41, 5.74) is 0.994. The quantitative estimate of drug-likeness (QED) is 0.444. The van der Waals surface area contributed by atoms with Gasteiger partial charge in [0, 0.05) is 10.0 Å². The first kappa shape index (κ1) is 14.0. The second kappa shape index (κ2) is 6.24. The summed E-state index contributed by atoms with van der Waals surface area (Å²) in [6.07, 6.45) is 3.24. The van der Waals surface area contributed by atoms with Gasteiger partial charge < -0.3 is 4.42 Å². The van der Waals surface area contributed by atoms with E-state index >= 15 is 0 Å². The van der Waals surface area contributed by atoms with Crippen molar-refractivity contribution in [2.24, 2.45) is 0 Å². The van der Waals surface area contributed by atoms with Crippen LogP contribution in [0.15, 0.2) is 68.9 Å². The number of carbonyl (C=O) groups excluding carboxylic acids is 1. The van der Waals surface area contributed by atoms with Gasteiger partial charge in [-0.2, -0.15) is 0 Å². The van der Waals surface area contributed by atoms with Crippen LogP contribution < -0.4 is 0 Å². The van der Waals surface area contributed by atoms with E-state index in [1.165, 1.54) is 17.4 Å². The zero-order chi connectivity index (χ0) is 14.7. The van der Waals surface area contributed by atoms with Gasteiger partial charge in [0.15, 0.2) is 5.78 Å². The Morgan fingerprint density at radius 2 is 2.05 bits per heavy atom. The van der Waals surface area contributed by atoms with Crippen molar-refractivity contribution in [3.8, 4) is 11.3 Å². The van der Waals surface area contributed by atoms with Crippen LogP contribution in [0.3, 0.4) is 0 Å². The SMILES string of the molecule is O=C(/C=C/c1ccc(-c2cccc(Br)c2)o1)c1cccs1.